The molecule has 1 aromatic heterocycles. The summed E-state index contributed by atoms with van der Waals surface area (Å²) < 4.78 is 1.34. The van der Waals surface area contributed by atoms with Gasteiger partial charge in [0, 0.05) is 19.6 Å². The molecule has 0 radical (unpaired) electrons. The number of hydrogen-bond donors (Lipinski definition) is 1. The molecule has 1 spiro atoms. The van der Waals surface area contributed by atoms with Crippen molar-refractivity contribution < 1.29 is 9.72 Å². The fraction of sp³-hybridized carbons (Fsp3) is 0.692. The second kappa shape index (κ2) is 6.62. The number of aromatic nitrogens is 2. The summed E-state index contributed by atoms with van der Waals surface area (Å²) in [6.45, 7) is 3.73. The normalized spacial score (nSPS) is 19.9. The molecular weight excluding hydrogens is 310 g/mol. The second-order valence-electron chi connectivity index (χ2n) is 5.96. The summed E-state index contributed by atoms with van der Waals surface area (Å²) >= 11 is 0. The number of rotatable bonds is 3. The summed E-state index contributed by atoms with van der Waals surface area (Å²) in [6.07, 6.45) is 5.73. The predicted octanol–water partition coefficient (Wildman–Crippen LogP) is 0.815. The molecule has 0 bridgehead atoms. The molecule has 122 valence electrons. The lowest BCUT2D eigenvalue weighted by molar-refractivity contribution is -0.385. The second-order valence-corrected chi connectivity index (χ2v) is 5.96. The highest BCUT2D eigenvalue weighted by Gasteiger charge is 2.38. The molecule has 9 heteroatoms. The molecule has 0 saturated carbocycles. The molecule has 2 aliphatic rings. The van der Waals surface area contributed by atoms with E-state index in [-0.39, 0.29) is 30.5 Å². The van der Waals surface area contributed by atoms with E-state index in [2.05, 4.69) is 10.4 Å². The van der Waals surface area contributed by atoms with Crippen LogP contribution in [0.25, 0.3) is 0 Å². The van der Waals surface area contributed by atoms with Crippen LogP contribution < -0.4 is 5.32 Å². The molecule has 2 saturated heterocycles. The first kappa shape index (κ1) is 16.7. The molecule has 0 unspecified atom stereocenters. The van der Waals surface area contributed by atoms with E-state index in [1.54, 1.807) is 0 Å². The molecule has 2 fully saturated rings. The number of halogens is 1. The van der Waals surface area contributed by atoms with Crippen LogP contribution in [0.5, 0.6) is 0 Å². The van der Waals surface area contributed by atoms with Gasteiger partial charge in [-0.05, 0) is 31.2 Å². The van der Waals surface area contributed by atoms with Crippen LogP contribution in [0.3, 0.4) is 0 Å². The van der Waals surface area contributed by atoms with E-state index in [4.69, 9.17) is 0 Å². The number of piperidine rings is 1. The number of carbonyl (C=O) groups excluding carboxylic acids is 1. The monoisotopic (exact) mass is 329 g/mol. The van der Waals surface area contributed by atoms with Gasteiger partial charge in [0.2, 0.25) is 5.91 Å². The number of amides is 1. The van der Waals surface area contributed by atoms with Crippen molar-refractivity contribution in [2.45, 2.75) is 25.8 Å². The highest BCUT2D eigenvalue weighted by molar-refractivity contribution is 5.85. The Labute approximate surface area is 134 Å². The molecule has 8 nitrogen and oxygen atoms in total. The predicted molar refractivity (Wildman–Crippen MR) is 81.9 cm³/mol. The summed E-state index contributed by atoms with van der Waals surface area (Å²) in [4.78, 5) is 24.2. The van der Waals surface area contributed by atoms with E-state index in [1.807, 2.05) is 4.90 Å². The highest BCUT2D eigenvalue weighted by atomic mass is 35.5. The van der Waals surface area contributed by atoms with E-state index >= 15 is 0 Å². The molecule has 3 heterocycles. The lowest BCUT2D eigenvalue weighted by Crippen LogP contribution is -2.45. The molecule has 0 atom stereocenters. The lowest BCUT2D eigenvalue weighted by atomic mass is 9.78. The molecule has 1 aromatic rings. The maximum atomic E-state index is 12.2. The molecule has 0 aromatic carbocycles. The summed E-state index contributed by atoms with van der Waals surface area (Å²) in [5.74, 6) is -0.0196. The Morgan fingerprint density at radius 1 is 1.41 bits per heavy atom. The average molecular weight is 330 g/mol. The van der Waals surface area contributed by atoms with Gasteiger partial charge in [-0.15, -0.1) is 12.4 Å². The van der Waals surface area contributed by atoms with Gasteiger partial charge >= 0.3 is 5.69 Å². The first-order chi connectivity index (χ1) is 10.1. The first-order valence-electron chi connectivity index (χ1n) is 7.23. The van der Waals surface area contributed by atoms with Crippen molar-refractivity contribution in [2.24, 2.45) is 5.41 Å². The van der Waals surface area contributed by atoms with Crippen molar-refractivity contribution in [3.8, 4) is 0 Å². The third kappa shape index (κ3) is 3.38. The van der Waals surface area contributed by atoms with Crippen molar-refractivity contribution in [3.63, 3.8) is 0 Å². The maximum absolute atomic E-state index is 12.2. The van der Waals surface area contributed by atoms with E-state index in [1.165, 1.54) is 23.5 Å². The Morgan fingerprint density at radius 3 is 2.68 bits per heavy atom. The van der Waals surface area contributed by atoms with Gasteiger partial charge in [-0.3, -0.25) is 19.6 Å². The third-order valence-corrected chi connectivity index (χ3v) is 4.64. The Hall–Kier alpha value is -1.67. The number of hydrogen-bond acceptors (Lipinski definition) is 5. The van der Waals surface area contributed by atoms with Gasteiger partial charge in [-0.25, -0.2) is 0 Å². The zero-order chi connectivity index (χ0) is 14.9. The lowest BCUT2D eigenvalue weighted by Gasteiger charge is -2.38. The fourth-order valence-electron chi connectivity index (χ4n) is 3.22. The van der Waals surface area contributed by atoms with Gasteiger partial charge in [-0.2, -0.15) is 5.10 Å². The number of likely N-dealkylation sites (tertiary alicyclic amines) is 1. The smallest absolute Gasteiger partial charge is 0.307 e. The Morgan fingerprint density at radius 2 is 2.14 bits per heavy atom. The van der Waals surface area contributed by atoms with Gasteiger partial charge in [-0.1, -0.05) is 0 Å². The molecule has 0 aliphatic carbocycles. The van der Waals surface area contributed by atoms with Crippen molar-refractivity contribution in [1.29, 1.82) is 0 Å². The molecule has 22 heavy (non-hydrogen) atoms. The van der Waals surface area contributed by atoms with Crippen molar-refractivity contribution in [2.75, 3.05) is 26.2 Å². The van der Waals surface area contributed by atoms with Crippen molar-refractivity contribution in [3.05, 3.63) is 22.5 Å². The number of nitro groups is 1. The van der Waals surface area contributed by atoms with E-state index in [0.717, 1.165) is 39.0 Å². The minimum absolute atomic E-state index is 0. The molecular formula is C13H20ClN5O3. The molecule has 1 amide bonds. The Balaban J connectivity index is 0.00000176. The van der Waals surface area contributed by atoms with Crippen LogP contribution in [-0.2, 0) is 11.3 Å². The quantitative estimate of drug-likeness (QED) is 0.654. The molecule has 2 aliphatic heterocycles. The summed E-state index contributed by atoms with van der Waals surface area (Å²) in [7, 11) is 0. The van der Waals surface area contributed by atoms with Crippen LogP contribution in [0, 0.1) is 15.5 Å². The minimum atomic E-state index is -0.508. The molecule has 1 N–H and O–H groups in total. The highest BCUT2D eigenvalue weighted by Crippen LogP contribution is 2.36. The van der Waals surface area contributed by atoms with Gasteiger partial charge < -0.3 is 10.2 Å². The SMILES string of the molecule is Cl.O=C(Cn1cc([N+](=O)[O-])cn1)N1CCC2(CCNC2)CC1. The van der Waals surface area contributed by atoms with Crippen LogP contribution in [0.15, 0.2) is 12.4 Å². The third-order valence-electron chi connectivity index (χ3n) is 4.64. The zero-order valence-electron chi connectivity index (χ0n) is 12.2. The van der Waals surface area contributed by atoms with Crippen LogP contribution >= 0.6 is 12.4 Å². The Bertz CT molecular complexity index is 546. The van der Waals surface area contributed by atoms with Crippen LogP contribution in [0.2, 0.25) is 0 Å². The first-order valence-corrected chi connectivity index (χ1v) is 7.23. The maximum Gasteiger partial charge on any atom is 0.307 e. The summed E-state index contributed by atoms with van der Waals surface area (Å²) in [6, 6.07) is 0. The van der Waals surface area contributed by atoms with Gasteiger partial charge in [0.1, 0.15) is 18.9 Å². The van der Waals surface area contributed by atoms with E-state index in [9.17, 15) is 14.9 Å². The van der Waals surface area contributed by atoms with Crippen LogP contribution in [0.1, 0.15) is 19.3 Å². The Kier molecular flexibility index (Phi) is 5.02. The summed E-state index contributed by atoms with van der Waals surface area (Å²) in [5, 5.41) is 17.9. The average Bonchev–Trinajstić information content (AvgIpc) is 3.10. The van der Waals surface area contributed by atoms with Crippen LogP contribution in [0.4, 0.5) is 5.69 Å². The van der Waals surface area contributed by atoms with E-state index in [0.29, 0.717) is 5.41 Å². The van der Waals surface area contributed by atoms with Gasteiger partial charge in [0.05, 0.1) is 4.92 Å². The zero-order valence-corrected chi connectivity index (χ0v) is 13.0. The number of carbonyl (C=O) groups is 1. The van der Waals surface area contributed by atoms with Gasteiger partial charge in [0.25, 0.3) is 0 Å². The van der Waals surface area contributed by atoms with E-state index < -0.39 is 4.92 Å². The molecule has 3 rings (SSSR count). The van der Waals surface area contributed by atoms with Crippen LogP contribution in [-0.4, -0.2) is 51.7 Å². The fourth-order valence-corrected chi connectivity index (χ4v) is 3.22. The standard InChI is InChI=1S/C13H19N5O3.ClH/c19-12(9-17-8-11(7-15-17)18(20)21)16-5-2-13(3-6-16)1-4-14-10-13;/h7-8,14H,1-6,9-10H2;1H. The van der Waals surface area contributed by atoms with Crippen molar-refractivity contribution >= 4 is 24.0 Å². The number of nitrogens with zero attached hydrogens (tertiary/aromatic N) is 4. The van der Waals surface area contributed by atoms with Gasteiger partial charge in [0.15, 0.2) is 0 Å². The largest absolute Gasteiger partial charge is 0.341 e. The number of nitrogens with one attached hydrogen (secondary N) is 1. The minimum Gasteiger partial charge on any atom is -0.341 e. The summed E-state index contributed by atoms with van der Waals surface area (Å²) in [5.41, 5.74) is 0.291. The topological polar surface area (TPSA) is 93.3 Å². The van der Waals surface area contributed by atoms with Crippen molar-refractivity contribution in [1.82, 2.24) is 20.0 Å².